The van der Waals surface area contributed by atoms with E-state index in [0.29, 0.717) is 22.2 Å². The van der Waals surface area contributed by atoms with Crippen molar-refractivity contribution in [1.82, 2.24) is 9.97 Å². The Kier molecular flexibility index (Phi) is 5.14. The Hall–Kier alpha value is -3.39. The summed E-state index contributed by atoms with van der Waals surface area (Å²) in [5.74, 6) is 0.828. The van der Waals surface area contributed by atoms with E-state index in [1.165, 1.54) is 6.33 Å². The zero-order valence-corrected chi connectivity index (χ0v) is 14.3. The number of nitrogens with zero attached hydrogens (tertiary/aromatic N) is 3. The Balaban J connectivity index is 1.93. The molecule has 8 nitrogen and oxygen atoms in total. The normalized spacial score (nSPS) is 10.2. The number of nitrogens with one attached hydrogen (secondary N) is 1. The molecule has 0 radical (unpaired) electrons. The largest absolute Gasteiger partial charge is 0.497 e. The standard InChI is InChI=1S/C17H13ClN4O4/c1-25-13-5-7-14(8-6-13)26-17-15(22(23)24)16(19-10-20-17)21-12-4-2-3-11(18)9-12/h2-10H,1H3,(H,19,20,21). The number of benzene rings is 2. The SMILES string of the molecule is COc1ccc(Oc2ncnc(Nc3cccc(Cl)c3)c2[N+](=O)[O-])cc1. The predicted molar refractivity (Wildman–Crippen MR) is 96.5 cm³/mol. The van der Waals surface area contributed by atoms with E-state index in [9.17, 15) is 10.1 Å². The van der Waals surface area contributed by atoms with Gasteiger partial charge in [0, 0.05) is 10.7 Å². The fourth-order valence-corrected chi connectivity index (χ4v) is 2.34. The Morgan fingerprint density at radius 2 is 1.85 bits per heavy atom. The van der Waals surface area contributed by atoms with Crippen molar-refractivity contribution in [3.05, 3.63) is 70.0 Å². The van der Waals surface area contributed by atoms with Crippen molar-refractivity contribution >= 4 is 28.8 Å². The maximum absolute atomic E-state index is 11.5. The molecule has 26 heavy (non-hydrogen) atoms. The molecule has 3 aromatic rings. The summed E-state index contributed by atoms with van der Waals surface area (Å²) in [6.07, 6.45) is 1.18. The van der Waals surface area contributed by atoms with Gasteiger partial charge in [0.15, 0.2) is 0 Å². The van der Waals surface area contributed by atoms with Gasteiger partial charge in [-0.05, 0) is 42.5 Å². The maximum Gasteiger partial charge on any atom is 0.373 e. The predicted octanol–water partition coefficient (Wildman–Crippen LogP) is 4.58. The molecule has 0 aliphatic carbocycles. The van der Waals surface area contributed by atoms with Crippen LogP contribution in [0.25, 0.3) is 0 Å². The molecule has 0 aliphatic rings. The second kappa shape index (κ2) is 7.66. The molecule has 3 rings (SSSR count). The molecule has 0 fully saturated rings. The van der Waals surface area contributed by atoms with E-state index in [2.05, 4.69) is 15.3 Å². The summed E-state index contributed by atoms with van der Waals surface area (Å²) in [5, 5.41) is 14.9. The van der Waals surface area contributed by atoms with Crippen LogP contribution >= 0.6 is 11.6 Å². The topological polar surface area (TPSA) is 99.4 Å². The van der Waals surface area contributed by atoms with Crippen LogP contribution in [0.4, 0.5) is 17.2 Å². The third-order valence-electron chi connectivity index (χ3n) is 3.33. The summed E-state index contributed by atoms with van der Waals surface area (Å²) in [4.78, 5) is 18.8. The molecule has 0 amide bonds. The molecule has 0 bridgehead atoms. The molecule has 0 saturated heterocycles. The molecule has 1 aromatic heterocycles. The van der Waals surface area contributed by atoms with Crippen LogP contribution < -0.4 is 14.8 Å². The molecular weight excluding hydrogens is 360 g/mol. The molecule has 1 N–H and O–H groups in total. The number of hydrogen-bond donors (Lipinski definition) is 1. The summed E-state index contributed by atoms with van der Waals surface area (Å²) in [6.45, 7) is 0. The Labute approximate surface area is 153 Å². The first kappa shape index (κ1) is 17.4. The van der Waals surface area contributed by atoms with E-state index < -0.39 is 4.92 Å². The average molecular weight is 373 g/mol. The molecule has 132 valence electrons. The fourth-order valence-electron chi connectivity index (χ4n) is 2.15. The van der Waals surface area contributed by atoms with E-state index in [0.717, 1.165) is 0 Å². The van der Waals surface area contributed by atoms with Crippen LogP contribution in [0.5, 0.6) is 17.4 Å². The number of rotatable bonds is 6. The monoisotopic (exact) mass is 372 g/mol. The second-order valence-electron chi connectivity index (χ2n) is 5.05. The first-order valence-corrected chi connectivity index (χ1v) is 7.78. The highest BCUT2D eigenvalue weighted by Crippen LogP contribution is 2.36. The quantitative estimate of drug-likeness (QED) is 0.499. The van der Waals surface area contributed by atoms with Gasteiger partial charge in [-0.2, -0.15) is 4.98 Å². The maximum atomic E-state index is 11.5. The van der Waals surface area contributed by atoms with Crippen molar-refractivity contribution < 1.29 is 14.4 Å². The summed E-state index contributed by atoms with van der Waals surface area (Å²) in [7, 11) is 1.54. The van der Waals surface area contributed by atoms with Crippen molar-refractivity contribution in [3.8, 4) is 17.4 Å². The van der Waals surface area contributed by atoms with Gasteiger partial charge in [0.1, 0.15) is 17.8 Å². The van der Waals surface area contributed by atoms with Gasteiger partial charge >= 0.3 is 11.6 Å². The lowest BCUT2D eigenvalue weighted by molar-refractivity contribution is -0.385. The third kappa shape index (κ3) is 3.98. The molecule has 0 atom stereocenters. The Morgan fingerprint density at radius 3 is 2.50 bits per heavy atom. The van der Waals surface area contributed by atoms with Gasteiger partial charge in [0.25, 0.3) is 0 Å². The number of hydrogen-bond acceptors (Lipinski definition) is 7. The van der Waals surface area contributed by atoms with Gasteiger partial charge in [-0.25, -0.2) is 4.98 Å². The highest BCUT2D eigenvalue weighted by molar-refractivity contribution is 6.30. The highest BCUT2D eigenvalue weighted by Gasteiger charge is 2.25. The van der Waals surface area contributed by atoms with E-state index in [-0.39, 0.29) is 17.4 Å². The highest BCUT2D eigenvalue weighted by atomic mass is 35.5. The molecular formula is C17H13ClN4O4. The lowest BCUT2D eigenvalue weighted by atomic mass is 10.3. The van der Waals surface area contributed by atoms with E-state index in [1.807, 2.05) is 0 Å². The van der Waals surface area contributed by atoms with Crippen molar-refractivity contribution in [2.24, 2.45) is 0 Å². The fraction of sp³-hybridized carbons (Fsp3) is 0.0588. The van der Waals surface area contributed by atoms with Crippen LogP contribution in [0.3, 0.4) is 0 Å². The second-order valence-corrected chi connectivity index (χ2v) is 5.48. The lowest BCUT2D eigenvalue weighted by Crippen LogP contribution is -2.03. The lowest BCUT2D eigenvalue weighted by Gasteiger charge is -2.10. The van der Waals surface area contributed by atoms with Gasteiger partial charge in [0.2, 0.25) is 5.82 Å². The molecule has 0 aliphatic heterocycles. The van der Waals surface area contributed by atoms with E-state index in [4.69, 9.17) is 21.1 Å². The van der Waals surface area contributed by atoms with Crippen LogP contribution in [0, 0.1) is 10.1 Å². The van der Waals surface area contributed by atoms with Gasteiger partial charge in [-0.3, -0.25) is 10.1 Å². The first-order valence-electron chi connectivity index (χ1n) is 7.40. The zero-order valence-electron chi connectivity index (χ0n) is 13.5. The van der Waals surface area contributed by atoms with Gasteiger partial charge in [-0.15, -0.1) is 0 Å². The van der Waals surface area contributed by atoms with E-state index >= 15 is 0 Å². The van der Waals surface area contributed by atoms with Gasteiger partial charge in [-0.1, -0.05) is 17.7 Å². The minimum absolute atomic E-state index is 0.00391. The van der Waals surface area contributed by atoms with Crippen molar-refractivity contribution in [2.45, 2.75) is 0 Å². The smallest absolute Gasteiger partial charge is 0.373 e. The summed E-state index contributed by atoms with van der Waals surface area (Å²) < 4.78 is 10.6. The summed E-state index contributed by atoms with van der Waals surface area (Å²) in [6, 6.07) is 13.3. The van der Waals surface area contributed by atoms with E-state index in [1.54, 1.807) is 55.6 Å². The number of nitro groups is 1. The van der Waals surface area contributed by atoms with Crippen LogP contribution in [0.2, 0.25) is 5.02 Å². The molecule has 0 saturated carbocycles. The molecule has 9 heteroatoms. The number of aromatic nitrogens is 2. The van der Waals surface area contributed by atoms with Crippen LogP contribution in [0.15, 0.2) is 54.9 Å². The number of methoxy groups -OCH3 is 1. The van der Waals surface area contributed by atoms with Crippen molar-refractivity contribution in [2.75, 3.05) is 12.4 Å². The van der Waals surface area contributed by atoms with Crippen molar-refractivity contribution in [1.29, 1.82) is 0 Å². The molecule has 0 spiro atoms. The van der Waals surface area contributed by atoms with Crippen LogP contribution in [-0.2, 0) is 0 Å². The minimum atomic E-state index is -0.605. The Bertz CT molecular complexity index is 934. The number of anilines is 2. The number of halogens is 1. The molecule has 1 heterocycles. The first-order chi connectivity index (χ1) is 12.6. The zero-order chi connectivity index (χ0) is 18.5. The van der Waals surface area contributed by atoms with Gasteiger partial charge < -0.3 is 14.8 Å². The number of ether oxygens (including phenoxy) is 2. The molecule has 2 aromatic carbocycles. The summed E-state index contributed by atoms with van der Waals surface area (Å²) >= 11 is 5.94. The third-order valence-corrected chi connectivity index (χ3v) is 3.57. The Morgan fingerprint density at radius 1 is 1.12 bits per heavy atom. The van der Waals surface area contributed by atoms with Crippen LogP contribution in [0.1, 0.15) is 0 Å². The average Bonchev–Trinajstić information content (AvgIpc) is 2.62. The minimum Gasteiger partial charge on any atom is -0.497 e. The summed E-state index contributed by atoms with van der Waals surface area (Å²) in [5.41, 5.74) is 0.165. The molecule has 0 unspecified atom stereocenters. The van der Waals surface area contributed by atoms with Crippen molar-refractivity contribution in [3.63, 3.8) is 0 Å². The van der Waals surface area contributed by atoms with Crippen LogP contribution in [-0.4, -0.2) is 22.0 Å². The van der Waals surface area contributed by atoms with Gasteiger partial charge in [0.05, 0.1) is 12.0 Å².